The van der Waals surface area contributed by atoms with Gasteiger partial charge in [-0.3, -0.25) is 4.79 Å². The van der Waals surface area contributed by atoms with Crippen LogP contribution >= 0.6 is 15.9 Å². The van der Waals surface area contributed by atoms with Gasteiger partial charge in [-0.05, 0) is 24.5 Å². The summed E-state index contributed by atoms with van der Waals surface area (Å²) in [5.41, 5.74) is 1.78. The van der Waals surface area contributed by atoms with E-state index in [1.165, 1.54) is 6.20 Å². The lowest BCUT2D eigenvalue weighted by molar-refractivity contribution is 0.455. The smallest absolute Gasteiger partial charge is 0.269 e. The van der Waals surface area contributed by atoms with Gasteiger partial charge in [0.05, 0.1) is 17.2 Å². The molecule has 0 bridgehead atoms. The Morgan fingerprint density at radius 1 is 1.39 bits per heavy atom. The summed E-state index contributed by atoms with van der Waals surface area (Å²) in [7, 11) is 0. The summed E-state index contributed by atoms with van der Waals surface area (Å²) < 4.78 is 1.84. The Balaban J connectivity index is 2.42. The first-order chi connectivity index (χ1) is 8.76. The zero-order chi connectivity index (χ0) is 13.0. The minimum absolute atomic E-state index is 0.0178. The molecule has 0 amide bonds. The summed E-state index contributed by atoms with van der Waals surface area (Å²) in [4.78, 5) is 16.1. The third-order valence-corrected chi connectivity index (χ3v) is 4.02. The number of halogens is 1. The Kier molecular flexibility index (Phi) is 4.53. The topological polar surface area (TPSA) is 34.9 Å². The molecule has 4 heteroatoms. The van der Waals surface area contributed by atoms with E-state index in [-0.39, 0.29) is 5.56 Å². The molecule has 0 aliphatic carbocycles. The van der Waals surface area contributed by atoms with Crippen molar-refractivity contribution in [3.63, 3.8) is 0 Å². The van der Waals surface area contributed by atoms with Crippen molar-refractivity contribution in [1.82, 2.24) is 9.55 Å². The number of para-hydroxylation sites is 2. The second-order valence-electron chi connectivity index (χ2n) is 4.50. The van der Waals surface area contributed by atoms with Crippen LogP contribution in [0.2, 0.25) is 0 Å². The SMILES string of the molecule is CCCC(CBr)Cn1c(=O)cnc2ccccc21. The Labute approximate surface area is 115 Å². The summed E-state index contributed by atoms with van der Waals surface area (Å²) in [5, 5.41) is 0.921. The molecule has 1 aromatic heterocycles. The van der Waals surface area contributed by atoms with E-state index in [0.717, 1.165) is 35.7 Å². The van der Waals surface area contributed by atoms with Crippen molar-refractivity contribution in [1.29, 1.82) is 0 Å². The van der Waals surface area contributed by atoms with E-state index in [9.17, 15) is 4.79 Å². The molecule has 1 atom stereocenters. The molecule has 0 saturated carbocycles. The minimum Gasteiger partial charge on any atom is -0.305 e. The fraction of sp³-hybridized carbons (Fsp3) is 0.429. The second kappa shape index (κ2) is 6.14. The highest BCUT2D eigenvalue weighted by atomic mass is 79.9. The average Bonchev–Trinajstić information content (AvgIpc) is 2.41. The Morgan fingerprint density at radius 3 is 2.89 bits per heavy atom. The largest absolute Gasteiger partial charge is 0.305 e. The number of alkyl halides is 1. The summed E-state index contributed by atoms with van der Waals surface area (Å²) in [6, 6.07) is 7.79. The van der Waals surface area contributed by atoms with Crippen molar-refractivity contribution in [2.45, 2.75) is 26.3 Å². The molecule has 0 aliphatic heterocycles. The van der Waals surface area contributed by atoms with Gasteiger partial charge in [0.2, 0.25) is 0 Å². The Bertz CT molecular complexity index is 579. The number of benzene rings is 1. The van der Waals surface area contributed by atoms with Gasteiger partial charge in [-0.2, -0.15) is 0 Å². The summed E-state index contributed by atoms with van der Waals surface area (Å²) >= 11 is 3.53. The number of nitrogens with zero attached hydrogens (tertiary/aromatic N) is 2. The van der Waals surface area contributed by atoms with Gasteiger partial charge >= 0.3 is 0 Å². The van der Waals surface area contributed by atoms with Crippen LogP contribution in [0.4, 0.5) is 0 Å². The average molecular weight is 309 g/mol. The normalized spacial score (nSPS) is 12.8. The van der Waals surface area contributed by atoms with Crippen LogP contribution in [0.5, 0.6) is 0 Å². The predicted molar refractivity (Wildman–Crippen MR) is 78.2 cm³/mol. The van der Waals surface area contributed by atoms with E-state index in [4.69, 9.17) is 0 Å². The molecule has 1 aromatic carbocycles. The third-order valence-electron chi connectivity index (χ3n) is 3.11. The molecule has 3 nitrogen and oxygen atoms in total. The number of aromatic nitrogens is 2. The summed E-state index contributed by atoms with van der Waals surface area (Å²) in [6.45, 7) is 2.92. The minimum atomic E-state index is -0.0178. The van der Waals surface area contributed by atoms with E-state index in [1.807, 2.05) is 28.8 Å². The third kappa shape index (κ3) is 2.80. The standard InChI is InChI=1S/C14H17BrN2O/c1-2-5-11(8-15)10-17-13-7-4-3-6-12(13)16-9-14(17)18/h3-4,6-7,9,11H,2,5,8,10H2,1H3. The Morgan fingerprint density at radius 2 is 2.17 bits per heavy atom. The lowest BCUT2D eigenvalue weighted by Crippen LogP contribution is -2.25. The summed E-state index contributed by atoms with van der Waals surface area (Å²) in [5.74, 6) is 0.485. The van der Waals surface area contributed by atoms with E-state index < -0.39 is 0 Å². The number of hydrogen-bond acceptors (Lipinski definition) is 2. The van der Waals surface area contributed by atoms with Crippen molar-refractivity contribution in [3.8, 4) is 0 Å². The molecule has 0 spiro atoms. The molecule has 0 N–H and O–H groups in total. The maximum Gasteiger partial charge on any atom is 0.269 e. The highest BCUT2D eigenvalue weighted by Gasteiger charge is 2.10. The van der Waals surface area contributed by atoms with Crippen LogP contribution in [-0.2, 0) is 6.54 Å². The lowest BCUT2D eigenvalue weighted by atomic mass is 10.1. The van der Waals surface area contributed by atoms with Gasteiger partial charge in [-0.15, -0.1) is 0 Å². The van der Waals surface area contributed by atoms with Gasteiger partial charge in [-0.25, -0.2) is 4.98 Å². The predicted octanol–water partition coefficient (Wildman–Crippen LogP) is 3.21. The van der Waals surface area contributed by atoms with E-state index >= 15 is 0 Å². The fourth-order valence-corrected chi connectivity index (χ4v) is 2.72. The van der Waals surface area contributed by atoms with Gasteiger partial charge in [0, 0.05) is 11.9 Å². The number of fused-ring (bicyclic) bond motifs is 1. The van der Waals surface area contributed by atoms with E-state index in [2.05, 4.69) is 27.8 Å². The quantitative estimate of drug-likeness (QED) is 0.795. The van der Waals surface area contributed by atoms with Crippen LogP contribution < -0.4 is 5.56 Å². The molecule has 0 fully saturated rings. The van der Waals surface area contributed by atoms with Gasteiger partial charge < -0.3 is 4.57 Å². The molecule has 0 saturated heterocycles. The van der Waals surface area contributed by atoms with Crippen LogP contribution in [0, 0.1) is 5.92 Å². The van der Waals surface area contributed by atoms with Crippen LogP contribution in [0.3, 0.4) is 0 Å². The maximum absolute atomic E-state index is 12.0. The zero-order valence-corrected chi connectivity index (χ0v) is 12.1. The zero-order valence-electron chi connectivity index (χ0n) is 10.5. The van der Waals surface area contributed by atoms with Crippen molar-refractivity contribution in [2.75, 3.05) is 5.33 Å². The molecule has 96 valence electrons. The first kappa shape index (κ1) is 13.3. The van der Waals surface area contributed by atoms with E-state index in [0.29, 0.717) is 5.92 Å². The van der Waals surface area contributed by atoms with Crippen LogP contribution in [0.25, 0.3) is 11.0 Å². The van der Waals surface area contributed by atoms with Crippen LogP contribution in [0.15, 0.2) is 35.3 Å². The van der Waals surface area contributed by atoms with Crippen LogP contribution in [-0.4, -0.2) is 14.9 Å². The molecule has 2 aromatic rings. The molecule has 2 rings (SSSR count). The van der Waals surface area contributed by atoms with Gasteiger partial charge in [0.15, 0.2) is 0 Å². The monoisotopic (exact) mass is 308 g/mol. The number of rotatable bonds is 5. The molecule has 0 radical (unpaired) electrons. The summed E-state index contributed by atoms with van der Waals surface area (Å²) in [6.07, 6.45) is 3.67. The van der Waals surface area contributed by atoms with Gasteiger partial charge in [0.25, 0.3) is 5.56 Å². The molecular weight excluding hydrogens is 292 g/mol. The van der Waals surface area contributed by atoms with Gasteiger partial charge in [0.1, 0.15) is 0 Å². The van der Waals surface area contributed by atoms with Crippen molar-refractivity contribution >= 4 is 27.0 Å². The fourth-order valence-electron chi connectivity index (χ4n) is 2.19. The maximum atomic E-state index is 12.0. The highest BCUT2D eigenvalue weighted by molar-refractivity contribution is 9.09. The number of hydrogen-bond donors (Lipinski definition) is 0. The second-order valence-corrected chi connectivity index (χ2v) is 5.15. The van der Waals surface area contributed by atoms with Gasteiger partial charge in [-0.1, -0.05) is 41.4 Å². The molecule has 18 heavy (non-hydrogen) atoms. The Hall–Kier alpha value is -1.16. The molecule has 1 heterocycles. The van der Waals surface area contributed by atoms with E-state index in [1.54, 1.807) is 0 Å². The molecular formula is C14H17BrN2O. The van der Waals surface area contributed by atoms with Crippen molar-refractivity contribution < 1.29 is 0 Å². The van der Waals surface area contributed by atoms with Crippen LogP contribution in [0.1, 0.15) is 19.8 Å². The first-order valence-corrected chi connectivity index (χ1v) is 7.39. The van der Waals surface area contributed by atoms with Crippen molar-refractivity contribution in [3.05, 3.63) is 40.8 Å². The molecule has 1 unspecified atom stereocenters. The highest BCUT2D eigenvalue weighted by Crippen LogP contribution is 2.15. The first-order valence-electron chi connectivity index (χ1n) is 6.26. The lowest BCUT2D eigenvalue weighted by Gasteiger charge is -2.16. The molecule has 0 aliphatic rings. The van der Waals surface area contributed by atoms with Crippen molar-refractivity contribution in [2.24, 2.45) is 5.92 Å².